The zero-order valence-corrected chi connectivity index (χ0v) is 16.8. The lowest BCUT2D eigenvalue weighted by Crippen LogP contribution is -2.24. The Morgan fingerprint density at radius 2 is 2.03 bits per heavy atom. The van der Waals surface area contributed by atoms with Crippen LogP contribution in [0.5, 0.6) is 0 Å². The van der Waals surface area contributed by atoms with E-state index in [4.69, 9.17) is 0 Å². The quantitative estimate of drug-likeness (QED) is 0.638. The van der Waals surface area contributed by atoms with Crippen LogP contribution in [-0.2, 0) is 11.2 Å². The molecular formula is C19H19N7O2S. The van der Waals surface area contributed by atoms with E-state index in [1.807, 2.05) is 37.3 Å². The normalized spacial score (nSPS) is 15.8. The van der Waals surface area contributed by atoms with Crippen molar-refractivity contribution in [1.82, 2.24) is 30.2 Å². The number of Topliss-reactive ketones (excluding diaryl/α,β-unsaturated/α-hetero) is 1. The highest BCUT2D eigenvalue weighted by Crippen LogP contribution is 2.26. The van der Waals surface area contributed by atoms with Crippen LogP contribution >= 0.6 is 11.8 Å². The fraction of sp³-hybridized carbons (Fsp3) is 0.316. The Hall–Kier alpha value is -3.14. The first-order valence-electron chi connectivity index (χ1n) is 9.18. The van der Waals surface area contributed by atoms with E-state index >= 15 is 0 Å². The maximum atomic E-state index is 12.4. The third-order valence-corrected chi connectivity index (χ3v) is 5.46. The predicted octanol–water partition coefficient (Wildman–Crippen LogP) is 2.26. The third kappa shape index (κ3) is 4.16. The lowest BCUT2D eigenvalue weighted by Gasteiger charge is -2.21. The minimum Gasteiger partial charge on any atom is -0.294 e. The van der Waals surface area contributed by atoms with Gasteiger partial charge in [0.2, 0.25) is 17.0 Å². The molecule has 1 aliphatic carbocycles. The van der Waals surface area contributed by atoms with Gasteiger partial charge in [0.15, 0.2) is 5.78 Å². The van der Waals surface area contributed by atoms with Gasteiger partial charge in [0, 0.05) is 6.42 Å². The second-order valence-electron chi connectivity index (χ2n) is 6.94. The lowest BCUT2D eigenvalue weighted by atomic mass is 9.86. The summed E-state index contributed by atoms with van der Waals surface area (Å²) in [5, 5.41) is 14.9. The molecule has 0 saturated carbocycles. The molecule has 4 rings (SSSR count). The summed E-state index contributed by atoms with van der Waals surface area (Å²) in [5.74, 6) is 0.350. The molecular weight excluding hydrogens is 390 g/mol. The highest BCUT2D eigenvalue weighted by Gasteiger charge is 2.27. The number of carbonyl (C=O) groups is 2. The topological polar surface area (TPSA) is 116 Å². The van der Waals surface area contributed by atoms with Gasteiger partial charge in [-0.15, -0.1) is 5.10 Å². The van der Waals surface area contributed by atoms with Gasteiger partial charge in [-0.25, -0.2) is 9.97 Å². The summed E-state index contributed by atoms with van der Waals surface area (Å²) < 4.78 is 1.57. The zero-order valence-electron chi connectivity index (χ0n) is 16.0. The molecule has 0 radical (unpaired) electrons. The lowest BCUT2D eigenvalue weighted by molar-refractivity contribution is -0.113. The summed E-state index contributed by atoms with van der Waals surface area (Å²) in [6, 6.07) is 9.45. The van der Waals surface area contributed by atoms with Crippen molar-refractivity contribution in [2.24, 2.45) is 5.92 Å². The number of ketones is 1. The van der Waals surface area contributed by atoms with Gasteiger partial charge in [0.25, 0.3) is 0 Å². The van der Waals surface area contributed by atoms with Crippen molar-refractivity contribution in [1.29, 1.82) is 0 Å². The molecule has 0 spiro atoms. The van der Waals surface area contributed by atoms with Crippen molar-refractivity contribution >= 4 is 29.4 Å². The van der Waals surface area contributed by atoms with Crippen LogP contribution in [0.2, 0.25) is 0 Å². The zero-order chi connectivity index (χ0) is 20.4. The Kier molecular flexibility index (Phi) is 5.34. The van der Waals surface area contributed by atoms with Crippen LogP contribution in [0.15, 0.2) is 35.5 Å². The van der Waals surface area contributed by atoms with Crippen LogP contribution in [0.1, 0.15) is 35.1 Å². The van der Waals surface area contributed by atoms with Gasteiger partial charge in [-0.3, -0.25) is 14.9 Å². The van der Waals surface area contributed by atoms with Crippen molar-refractivity contribution in [2.75, 3.05) is 11.1 Å². The molecule has 9 nitrogen and oxygen atoms in total. The fourth-order valence-corrected chi connectivity index (χ4v) is 4.00. The predicted molar refractivity (Wildman–Crippen MR) is 107 cm³/mol. The highest BCUT2D eigenvalue weighted by molar-refractivity contribution is 7.99. The van der Waals surface area contributed by atoms with Gasteiger partial charge in [0.05, 0.1) is 28.4 Å². The molecule has 0 unspecified atom stereocenters. The second kappa shape index (κ2) is 8.08. The highest BCUT2D eigenvalue weighted by atomic mass is 32.2. The van der Waals surface area contributed by atoms with E-state index < -0.39 is 0 Å². The number of para-hydroxylation sites is 1. The summed E-state index contributed by atoms with van der Waals surface area (Å²) in [7, 11) is 0. The van der Waals surface area contributed by atoms with E-state index in [2.05, 4.69) is 30.8 Å². The van der Waals surface area contributed by atoms with Gasteiger partial charge in [0.1, 0.15) is 0 Å². The van der Waals surface area contributed by atoms with Gasteiger partial charge in [-0.1, -0.05) is 36.9 Å². The minimum absolute atomic E-state index is 0.0671. The van der Waals surface area contributed by atoms with Crippen molar-refractivity contribution in [3.05, 3.63) is 47.3 Å². The fourth-order valence-electron chi connectivity index (χ4n) is 3.31. The number of tetrazole rings is 1. The molecule has 1 aromatic carbocycles. The number of fused-ring (bicyclic) bond motifs is 1. The Bertz CT molecular complexity index is 1070. The van der Waals surface area contributed by atoms with Gasteiger partial charge < -0.3 is 0 Å². The van der Waals surface area contributed by atoms with Crippen LogP contribution in [0.4, 0.5) is 5.95 Å². The number of thioether (sulfide) groups is 1. The molecule has 2 heterocycles. The van der Waals surface area contributed by atoms with Crippen LogP contribution in [0.3, 0.4) is 0 Å². The van der Waals surface area contributed by atoms with E-state index in [1.165, 1.54) is 11.8 Å². The molecule has 0 bridgehead atoms. The maximum absolute atomic E-state index is 12.4. The number of nitrogens with one attached hydrogen (secondary N) is 1. The first kappa shape index (κ1) is 19.2. The minimum atomic E-state index is -0.271. The molecule has 1 N–H and O–H groups in total. The average molecular weight is 409 g/mol. The number of rotatable bonds is 5. The van der Waals surface area contributed by atoms with Crippen LogP contribution in [-0.4, -0.2) is 47.6 Å². The molecule has 1 amide bonds. The molecule has 29 heavy (non-hydrogen) atoms. The van der Waals surface area contributed by atoms with Gasteiger partial charge in [-0.2, -0.15) is 4.68 Å². The van der Waals surface area contributed by atoms with Crippen molar-refractivity contribution in [3.8, 4) is 5.69 Å². The smallest absolute Gasteiger partial charge is 0.237 e. The number of benzene rings is 1. The Morgan fingerprint density at radius 3 is 2.83 bits per heavy atom. The second-order valence-corrected chi connectivity index (χ2v) is 7.88. The Balaban J connectivity index is 1.44. The van der Waals surface area contributed by atoms with Gasteiger partial charge >= 0.3 is 0 Å². The molecule has 1 atom stereocenters. The molecule has 3 aromatic rings. The molecule has 10 heteroatoms. The standard InChI is InChI=1S/C19H19N7O2S/c1-11-8-14-17(15(27)9-11)12(2)20-18(21-14)22-16(28)10-29-19-23-24-25-26(19)13-6-4-3-5-7-13/h3-7,11H,8-10H2,1-2H3,(H,20,21,22,28)/t11-/m1/s1. The number of hydrogen-bond acceptors (Lipinski definition) is 8. The van der Waals surface area contributed by atoms with Gasteiger partial charge in [-0.05, 0) is 41.8 Å². The number of aromatic nitrogens is 6. The number of hydrogen-bond donors (Lipinski definition) is 1. The van der Waals surface area contributed by atoms with Crippen LogP contribution in [0.25, 0.3) is 5.69 Å². The van der Waals surface area contributed by atoms with E-state index in [9.17, 15) is 9.59 Å². The summed E-state index contributed by atoms with van der Waals surface area (Å²) >= 11 is 1.21. The first-order chi connectivity index (χ1) is 14.0. The van der Waals surface area contributed by atoms with E-state index in [1.54, 1.807) is 11.6 Å². The SMILES string of the molecule is Cc1nc(NC(=O)CSc2nnnn2-c2ccccc2)nc2c1C(=O)C[C@H](C)C2. The van der Waals surface area contributed by atoms with Crippen molar-refractivity contribution < 1.29 is 9.59 Å². The van der Waals surface area contributed by atoms with Crippen LogP contribution in [0, 0.1) is 12.8 Å². The number of anilines is 1. The Labute approximate surface area is 171 Å². The number of aryl methyl sites for hydroxylation is 1. The van der Waals surface area contributed by atoms with Crippen LogP contribution < -0.4 is 5.32 Å². The maximum Gasteiger partial charge on any atom is 0.237 e. The largest absolute Gasteiger partial charge is 0.294 e. The number of carbonyl (C=O) groups excluding carboxylic acids is 2. The van der Waals surface area contributed by atoms with Crippen molar-refractivity contribution in [3.63, 3.8) is 0 Å². The summed E-state index contributed by atoms with van der Waals surface area (Å²) in [6.45, 7) is 3.79. The van der Waals surface area contributed by atoms with E-state index in [0.717, 1.165) is 5.69 Å². The molecule has 0 aliphatic heterocycles. The summed E-state index contributed by atoms with van der Waals surface area (Å²) in [5.41, 5.74) is 2.71. The molecule has 0 saturated heterocycles. The number of nitrogens with zero attached hydrogens (tertiary/aromatic N) is 6. The molecule has 148 valence electrons. The summed E-state index contributed by atoms with van der Waals surface area (Å²) in [6.07, 6.45) is 1.21. The molecule has 1 aliphatic rings. The van der Waals surface area contributed by atoms with E-state index in [-0.39, 0.29) is 29.3 Å². The van der Waals surface area contributed by atoms with Crippen molar-refractivity contribution in [2.45, 2.75) is 31.8 Å². The Morgan fingerprint density at radius 1 is 1.24 bits per heavy atom. The summed E-state index contributed by atoms with van der Waals surface area (Å²) in [4.78, 5) is 33.3. The monoisotopic (exact) mass is 409 g/mol. The molecule has 0 fully saturated rings. The average Bonchev–Trinajstić information content (AvgIpc) is 3.15. The molecule has 2 aromatic heterocycles. The van der Waals surface area contributed by atoms with E-state index in [0.29, 0.717) is 34.9 Å². The third-order valence-electron chi connectivity index (χ3n) is 4.54. The number of amides is 1. The first-order valence-corrected chi connectivity index (χ1v) is 10.2.